The van der Waals surface area contributed by atoms with Crippen LogP contribution in [0.3, 0.4) is 0 Å². The minimum Gasteiger partial charge on any atom is -0.393 e. The molecule has 4 fully saturated rings. The molecule has 30 heavy (non-hydrogen) atoms. The number of rotatable bonds is 2. The quantitative estimate of drug-likeness (QED) is 0.653. The standard InChI is InChI=1S/C23H32NO5P/c1-21-7-6-13(24-3)8-12(21)4-5-14-15-9-18-23(17(27)11-25,29-20(30)28-18)22(15,2)10-16(26)19(14)21/h6-8,14-16,18-20,25-26H,4-5,9-11,30H2,1-3H3/t14-,15-,16-,18+,19+,20?,21-,22-,23+/m0/s1. The molecule has 5 rings (SSSR count). The fraction of sp³-hybridized carbons (Fsp3) is 0.739. The molecular formula is C23H32NO5P. The number of ether oxygens (including phenoxy) is 2. The average molecular weight is 433 g/mol. The van der Waals surface area contributed by atoms with E-state index in [1.165, 1.54) is 5.57 Å². The Bertz CT molecular complexity index is 870. The molecule has 1 saturated heterocycles. The second-order valence-electron chi connectivity index (χ2n) is 10.1. The number of hydrogen-bond donors (Lipinski definition) is 2. The Hall–Kier alpha value is -0.910. The second kappa shape index (κ2) is 6.79. The van der Waals surface area contributed by atoms with Crippen LogP contribution in [0.15, 0.2) is 28.8 Å². The molecule has 10 atom stereocenters. The van der Waals surface area contributed by atoms with E-state index in [1.54, 1.807) is 7.05 Å². The van der Waals surface area contributed by atoms with E-state index >= 15 is 0 Å². The van der Waals surface area contributed by atoms with Crippen molar-refractivity contribution in [1.29, 1.82) is 0 Å². The third-order valence-electron chi connectivity index (χ3n) is 9.08. The van der Waals surface area contributed by atoms with Gasteiger partial charge in [-0.2, -0.15) is 0 Å². The van der Waals surface area contributed by atoms with Crippen LogP contribution in [0.1, 0.15) is 39.5 Å². The van der Waals surface area contributed by atoms with Gasteiger partial charge in [0, 0.05) is 23.8 Å². The summed E-state index contributed by atoms with van der Waals surface area (Å²) in [5.74, 6) is 0.209. The maximum absolute atomic E-state index is 13.1. The molecule has 0 aromatic heterocycles. The molecule has 1 heterocycles. The van der Waals surface area contributed by atoms with E-state index in [1.807, 2.05) is 0 Å². The number of nitrogens with zero attached hydrogens (tertiary/aromatic N) is 1. The molecule has 2 N–H and O–H groups in total. The number of aliphatic hydroxyl groups is 2. The predicted octanol–water partition coefficient (Wildman–Crippen LogP) is 2.25. The lowest BCUT2D eigenvalue weighted by Gasteiger charge is -2.59. The van der Waals surface area contributed by atoms with Crippen molar-refractivity contribution >= 4 is 20.7 Å². The van der Waals surface area contributed by atoms with E-state index in [4.69, 9.17) is 9.47 Å². The summed E-state index contributed by atoms with van der Waals surface area (Å²) < 4.78 is 12.2. The van der Waals surface area contributed by atoms with Gasteiger partial charge in [-0.3, -0.25) is 9.79 Å². The Kier molecular flexibility index (Phi) is 4.75. The number of hydrogen-bond acceptors (Lipinski definition) is 6. The molecule has 6 nitrogen and oxygen atoms in total. The van der Waals surface area contributed by atoms with Gasteiger partial charge in [-0.1, -0.05) is 34.7 Å². The van der Waals surface area contributed by atoms with Crippen molar-refractivity contribution < 1.29 is 24.5 Å². The molecule has 0 radical (unpaired) electrons. The number of carbonyl (C=O) groups is 1. The zero-order valence-electron chi connectivity index (χ0n) is 17.9. The van der Waals surface area contributed by atoms with Crippen LogP contribution < -0.4 is 0 Å². The lowest BCUT2D eigenvalue weighted by atomic mass is 9.46. The Labute approximate surface area is 180 Å². The highest BCUT2D eigenvalue weighted by Crippen LogP contribution is 2.69. The zero-order valence-corrected chi connectivity index (χ0v) is 19.0. The fourth-order valence-electron chi connectivity index (χ4n) is 7.86. The van der Waals surface area contributed by atoms with Gasteiger partial charge in [0.05, 0.1) is 17.9 Å². The number of carbonyl (C=O) groups excluding carboxylic acids is 1. The summed E-state index contributed by atoms with van der Waals surface area (Å²) in [5, 5.41) is 21.3. The Morgan fingerprint density at radius 1 is 1.40 bits per heavy atom. The van der Waals surface area contributed by atoms with Crippen molar-refractivity contribution in [2.75, 3.05) is 13.7 Å². The molecule has 0 amide bonds. The number of ketones is 1. The van der Waals surface area contributed by atoms with Gasteiger partial charge >= 0.3 is 0 Å². The number of aliphatic hydroxyl groups excluding tert-OH is 2. The molecule has 164 valence electrons. The van der Waals surface area contributed by atoms with E-state index in [9.17, 15) is 15.0 Å². The van der Waals surface area contributed by atoms with Gasteiger partial charge in [0.1, 0.15) is 6.61 Å². The van der Waals surface area contributed by atoms with Crippen LogP contribution in [0.25, 0.3) is 0 Å². The Morgan fingerprint density at radius 3 is 2.87 bits per heavy atom. The van der Waals surface area contributed by atoms with E-state index in [0.29, 0.717) is 6.42 Å². The zero-order chi connectivity index (χ0) is 21.5. The predicted molar refractivity (Wildman–Crippen MR) is 116 cm³/mol. The van der Waals surface area contributed by atoms with Crippen LogP contribution in [0.5, 0.6) is 0 Å². The van der Waals surface area contributed by atoms with Gasteiger partial charge in [0.2, 0.25) is 0 Å². The van der Waals surface area contributed by atoms with Crippen LogP contribution >= 0.6 is 9.24 Å². The summed E-state index contributed by atoms with van der Waals surface area (Å²) in [6, 6.07) is -0.565. The first-order valence-corrected chi connectivity index (χ1v) is 11.7. The molecule has 4 aliphatic carbocycles. The van der Waals surface area contributed by atoms with E-state index in [0.717, 1.165) is 25.0 Å². The topological polar surface area (TPSA) is 88.4 Å². The molecule has 0 spiro atoms. The average Bonchev–Trinajstić information content (AvgIpc) is 3.17. The van der Waals surface area contributed by atoms with Crippen LogP contribution in [0, 0.1) is 28.6 Å². The molecular weight excluding hydrogens is 401 g/mol. The number of Topliss-reactive ketones (excluding diaryl/α,β-unsaturated/α-hetero) is 1. The maximum atomic E-state index is 13.1. The first-order valence-electron chi connectivity index (χ1n) is 11.0. The third-order valence-corrected chi connectivity index (χ3v) is 9.38. The van der Waals surface area contributed by atoms with Crippen molar-refractivity contribution in [2.24, 2.45) is 33.6 Å². The van der Waals surface area contributed by atoms with Crippen LogP contribution in [-0.4, -0.2) is 59.2 Å². The molecule has 3 saturated carbocycles. The largest absolute Gasteiger partial charge is 0.393 e. The number of fused-ring (bicyclic) bond motifs is 7. The summed E-state index contributed by atoms with van der Waals surface area (Å²) >= 11 is 0. The van der Waals surface area contributed by atoms with Crippen molar-refractivity contribution in [3.8, 4) is 0 Å². The second-order valence-corrected chi connectivity index (χ2v) is 10.7. The van der Waals surface area contributed by atoms with Gasteiger partial charge in [-0.25, -0.2) is 0 Å². The summed E-state index contributed by atoms with van der Waals surface area (Å²) in [4.78, 5) is 17.4. The molecule has 0 aromatic carbocycles. The van der Waals surface area contributed by atoms with E-state index < -0.39 is 29.8 Å². The summed E-state index contributed by atoms with van der Waals surface area (Å²) in [6.45, 7) is 3.74. The minimum absolute atomic E-state index is 0.0807. The van der Waals surface area contributed by atoms with Gasteiger partial charge in [-0.15, -0.1) is 0 Å². The third kappa shape index (κ3) is 2.43. The van der Waals surface area contributed by atoms with Crippen LogP contribution in [-0.2, 0) is 14.3 Å². The van der Waals surface area contributed by atoms with Gasteiger partial charge in [0.15, 0.2) is 17.4 Å². The highest BCUT2D eigenvalue weighted by molar-refractivity contribution is 7.17. The molecule has 2 unspecified atom stereocenters. The van der Waals surface area contributed by atoms with Crippen molar-refractivity contribution in [2.45, 2.75) is 63.4 Å². The van der Waals surface area contributed by atoms with Gasteiger partial charge < -0.3 is 19.7 Å². The van der Waals surface area contributed by atoms with E-state index in [2.05, 4.69) is 46.3 Å². The summed E-state index contributed by atoms with van der Waals surface area (Å²) in [5.41, 5.74) is 0.342. The molecule has 0 bridgehead atoms. The molecule has 1 aliphatic heterocycles. The maximum Gasteiger partial charge on any atom is 0.193 e. The first-order chi connectivity index (χ1) is 14.2. The smallest absolute Gasteiger partial charge is 0.193 e. The fourth-order valence-corrected chi connectivity index (χ4v) is 8.27. The normalized spacial score (nSPS) is 53.0. The SMILES string of the molecule is CN=C1C=C[C@@]2(C)C(=C1)CC[C@@H]1[C@@H]2[C@@H](O)C[C@@]2(C)[C@H]1C[C@H]1OC(P)O[C@]12C(=O)CO. The highest BCUT2D eigenvalue weighted by atomic mass is 31.0. The summed E-state index contributed by atoms with van der Waals surface area (Å²) in [6.07, 6.45) is 8.64. The van der Waals surface area contributed by atoms with Crippen molar-refractivity contribution in [3.63, 3.8) is 0 Å². The van der Waals surface area contributed by atoms with Crippen LogP contribution in [0.4, 0.5) is 0 Å². The van der Waals surface area contributed by atoms with Crippen molar-refractivity contribution in [3.05, 3.63) is 23.8 Å². The first kappa shape index (κ1) is 21.0. The minimum atomic E-state index is -1.19. The Balaban J connectivity index is 1.57. The number of allylic oxidation sites excluding steroid dienone is 4. The highest BCUT2D eigenvalue weighted by Gasteiger charge is 2.75. The lowest BCUT2D eigenvalue weighted by Crippen LogP contribution is -2.63. The molecule has 5 aliphatic rings. The van der Waals surface area contributed by atoms with Crippen LogP contribution in [0.2, 0.25) is 0 Å². The van der Waals surface area contributed by atoms with Gasteiger partial charge in [0.25, 0.3) is 0 Å². The summed E-state index contributed by atoms with van der Waals surface area (Å²) in [7, 11) is 4.30. The molecule has 0 aromatic rings. The van der Waals surface area contributed by atoms with Gasteiger partial charge in [-0.05, 0) is 49.7 Å². The van der Waals surface area contributed by atoms with Crippen molar-refractivity contribution in [1.82, 2.24) is 0 Å². The van der Waals surface area contributed by atoms with E-state index in [-0.39, 0.29) is 35.1 Å². The monoisotopic (exact) mass is 433 g/mol. The lowest BCUT2D eigenvalue weighted by molar-refractivity contribution is -0.188. The number of aliphatic imine (C=N–C) groups is 1. The Morgan fingerprint density at radius 2 is 2.17 bits per heavy atom. The molecule has 7 heteroatoms.